The van der Waals surface area contributed by atoms with E-state index >= 15 is 0 Å². The van der Waals surface area contributed by atoms with Gasteiger partial charge in [0.05, 0.1) is 11.4 Å². The molecule has 0 unspecified atom stereocenters. The SMILES string of the molecule is O=C(Nc1ccccc1NC12CC3CC(CC(C3)C1)C2)c1sccc1Br. The number of carbonyl (C=O) groups excluding carboxylic acids is 1. The van der Waals surface area contributed by atoms with Gasteiger partial charge in [-0.25, -0.2) is 0 Å². The summed E-state index contributed by atoms with van der Waals surface area (Å²) in [4.78, 5) is 13.4. The van der Waals surface area contributed by atoms with Gasteiger partial charge in [-0.05, 0) is 95.8 Å². The molecule has 0 aliphatic heterocycles. The van der Waals surface area contributed by atoms with Crippen molar-refractivity contribution in [2.75, 3.05) is 10.6 Å². The first-order chi connectivity index (χ1) is 12.6. The highest BCUT2D eigenvalue weighted by atomic mass is 79.9. The van der Waals surface area contributed by atoms with Crippen LogP contribution in [0, 0.1) is 17.8 Å². The second-order valence-corrected chi connectivity index (χ2v) is 10.2. The lowest BCUT2D eigenvalue weighted by Crippen LogP contribution is -2.54. The van der Waals surface area contributed by atoms with Crippen molar-refractivity contribution < 1.29 is 4.79 Å². The molecule has 4 aliphatic rings. The molecule has 4 fully saturated rings. The fraction of sp³-hybridized carbons (Fsp3) is 0.476. The molecule has 5 heteroatoms. The predicted octanol–water partition coefficient (Wildman–Crippen LogP) is 6.14. The minimum absolute atomic E-state index is 0.0494. The lowest BCUT2D eigenvalue weighted by atomic mass is 9.53. The van der Waals surface area contributed by atoms with Gasteiger partial charge in [0.15, 0.2) is 0 Å². The van der Waals surface area contributed by atoms with Crippen LogP contribution in [0.3, 0.4) is 0 Å². The number of anilines is 2. The van der Waals surface area contributed by atoms with Gasteiger partial charge in [0.2, 0.25) is 0 Å². The van der Waals surface area contributed by atoms with Crippen molar-refractivity contribution in [1.29, 1.82) is 0 Å². The molecule has 26 heavy (non-hydrogen) atoms. The Morgan fingerprint density at radius 1 is 1.00 bits per heavy atom. The largest absolute Gasteiger partial charge is 0.378 e. The molecule has 0 spiro atoms. The number of carbonyl (C=O) groups is 1. The molecule has 0 saturated heterocycles. The van der Waals surface area contributed by atoms with E-state index in [1.54, 1.807) is 0 Å². The van der Waals surface area contributed by atoms with E-state index < -0.39 is 0 Å². The molecule has 2 N–H and O–H groups in total. The van der Waals surface area contributed by atoms with Crippen LogP contribution in [0.2, 0.25) is 0 Å². The van der Waals surface area contributed by atoms with Crippen LogP contribution >= 0.6 is 27.3 Å². The third-order valence-corrected chi connectivity index (χ3v) is 8.27. The van der Waals surface area contributed by atoms with Gasteiger partial charge in [-0.15, -0.1) is 11.3 Å². The molecule has 1 amide bonds. The van der Waals surface area contributed by atoms with Gasteiger partial charge in [-0.1, -0.05) is 12.1 Å². The van der Waals surface area contributed by atoms with Crippen molar-refractivity contribution in [2.45, 2.75) is 44.1 Å². The Balaban J connectivity index is 1.39. The molecule has 4 aliphatic carbocycles. The molecule has 136 valence electrons. The second-order valence-electron chi connectivity index (χ2n) is 8.42. The highest BCUT2D eigenvalue weighted by Crippen LogP contribution is 2.56. The Kier molecular flexibility index (Phi) is 4.13. The molecule has 1 aromatic heterocycles. The first-order valence-electron chi connectivity index (χ1n) is 9.52. The van der Waals surface area contributed by atoms with Gasteiger partial charge in [-0.2, -0.15) is 0 Å². The van der Waals surface area contributed by atoms with Crippen molar-refractivity contribution >= 4 is 44.5 Å². The summed E-state index contributed by atoms with van der Waals surface area (Å²) < 4.78 is 0.853. The number of halogens is 1. The molecule has 3 nitrogen and oxygen atoms in total. The Morgan fingerprint density at radius 3 is 2.19 bits per heavy atom. The third kappa shape index (κ3) is 2.99. The highest BCUT2D eigenvalue weighted by molar-refractivity contribution is 9.10. The van der Waals surface area contributed by atoms with Crippen molar-refractivity contribution in [3.63, 3.8) is 0 Å². The fourth-order valence-electron chi connectivity index (χ4n) is 5.89. The van der Waals surface area contributed by atoms with E-state index in [9.17, 15) is 4.79 Å². The summed E-state index contributed by atoms with van der Waals surface area (Å²) in [5.41, 5.74) is 2.18. The van der Waals surface area contributed by atoms with Crippen LogP contribution < -0.4 is 10.6 Å². The van der Waals surface area contributed by atoms with Gasteiger partial charge in [0, 0.05) is 10.0 Å². The zero-order valence-corrected chi connectivity index (χ0v) is 17.0. The van der Waals surface area contributed by atoms with E-state index in [1.807, 2.05) is 23.6 Å². The van der Waals surface area contributed by atoms with Gasteiger partial charge in [0.1, 0.15) is 4.88 Å². The lowest BCUT2D eigenvalue weighted by Gasteiger charge is -2.57. The van der Waals surface area contributed by atoms with Crippen molar-refractivity contribution in [3.05, 3.63) is 45.1 Å². The third-order valence-electron chi connectivity index (χ3n) is 6.44. The summed E-state index contributed by atoms with van der Waals surface area (Å²) in [6.45, 7) is 0. The topological polar surface area (TPSA) is 41.1 Å². The quantitative estimate of drug-likeness (QED) is 0.610. The van der Waals surface area contributed by atoms with Crippen LogP contribution in [0.1, 0.15) is 48.2 Å². The Hall–Kier alpha value is -1.33. The summed E-state index contributed by atoms with van der Waals surface area (Å²) in [5.74, 6) is 2.65. The first kappa shape index (κ1) is 16.8. The molecule has 2 aromatic rings. The van der Waals surface area contributed by atoms with Gasteiger partial charge in [-0.3, -0.25) is 4.79 Å². The minimum Gasteiger partial charge on any atom is -0.378 e. The number of benzene rings is 1. The van der Waals surface area contributed by atoms with Gasteiger partial charge >= 0.3 is 0 Å². The maximum atomic E-state index is 12.7. The summed E-state index contributed by atoms with van der Waals surface area (Å²) in [5, 5.41) is 8.94. The molecule has 0 atom stereocenters. The monoisotopic (exact) mass is 430 g/mol. The zero-order chi connectivity index (χ0) is 17.7. The molecular weight excluding hydrogens is 408 g/mol. The van der Waals surface area contributed by atoms with E-state index in [-0.39, 0.29) is 11.4 Å². The highest BCUT2D eigenvalue weighted by Gasteiger charge is 2.51. The number of rotatable bonds is 4. The minimum atomic E-state index is -0.0494. The van der Waals surface area contributed by atoms with Crippen LogP contribution in [-0.4, -0.2) is 11.4 Å². The van der Waals surface area contributed by atoms with E-state index in [4.69, 9.17) is 0 Å². The molecular formula is C21H23BrN2OS. The van der Waals surface area contributed by atoms with Crippen LogP contribution in [0.15, 0.2) is 40.2 Å². The maximum absolute atomic E-state index is 12.7. The average molecular weight is 431 g/mol. The van der Waals surface area contributed by atoms with E-state index in [0.717, 1.165) is 38.5 Å². The number of thiophene rings is 1. The second kappa shape index (κ2) is 6.38. The Bertz CT molecular complexity index is 811. The Morgan fingerprint density at radius 2 is 1.62 bits per heavy atom. The van der Waals surface area contributed by atoms with Crippen LogP contribution in [0.25, 0.3) is 0 Å². The van der Waals surface area contributed by atoms with Crippen LogP contribution in [0.4, 0.5) is 11.4 Å². The standard InChI is InChI=1S/C21H23BrN2OS/c22-16-5-6-26-19(16)20(25)23-17-3-1-2-4-18(17)24-21-10-13-7-14(11-21)9-15(8-13)12-21/h1-6,13-15,24H,7-12H2,(H,23,25). The molecule has 1 heterocycles. The molecule has 6 rings (SSSR count). The number of hydrogen-bond acceptors (Lipinski definition) is 3. The molecule has 4 bridgehead atoms. The smallest absolute Gasteiger partial charge is 0.266 e. The normalized spacial score (nSPS) is 31.8. The summed E-state index contributed by atoms with van der Waals surface area (Å²) in [6.07, 6.45) is 8.18. The average Bonchev–Trinajstić information content (AvgIpc) is 3.01. The fourth-order valence-corrected chi connectivity index (χ4v) is 7.33. The van der Waals surface area contributed by atoms with Crippen LogP contribution in [0.5, 0.6) is 0 Å². The number of nitrogens with one attached hydrogen (secondary N) is 2. The molecule has 0 radical (unpaired) electrons. The maximum Gasteiger partial charge on any atom is 0.266 e. The molecule has 1 aromatic carbocycles. The van der Waals surface area contributed by atoms with Crippen molar-refractivity contribution in [2.24, 2.45) is 17.8 Å². The number of para-hydroxylation sites is 2. The first-order valence-corrected chi connectivity index (χ1v) is 11.2. The summed E-state index contributed by atoms with van der Waals surface area (Å²) in [6, 6.07) is 10.1. The number of hydrogen-bond donors (Lipinski definition) is 2. The van der Waals surface area contributed by atoms with E-state index in [1.165, 1.54) is 49.9 Å². The molecule has 4 saturated carbocycles. The van der Waals surface area contributed by atoms with E-state index in [0.29, 0.717) is 0 Å². The summed E-state index contributed by atoms with van der Waals surface area (Å²) in [7, 11) is 0. The van der Waals surface area contributed by atoms with Gasteiger partial charge < -0.3 is 10.6 Å². The van der Waals surface area contributed by atoms with Crippen molar-refractivity contribution in [3.8, 4) is 0 Å². The van der Waals surface area contributed by atoms with Crippen molar-refractivity contribution in [1.82, 2.24) is 0 Å². The van der Waals surface area contributed by atoms with Gasteiger partial charge in [0.25, 0.3) is 5.91 Å². The predicted molar refractivity (Wildman–Crippen MR) is 111 cm³/mol. The van der Waals surface area contributed by atoms with E-state index in [2.05, 4.69) is 38.7 Å². The zero-order valence-electron chi connectivity index (χ0n) is 14.6. The lowest BCUT2D eigenvalue weighted by molar-refractivity contribution is 0.0107. The Labute approximate surface area is 166 Å². The number of amides is 1. The summed E-state index contributed by atoms with van der Waals surface area (Å²) >= 11 is 4.92. The van der Waals surface area contributed by atoms with Crippen LogP contribution in [-0.2, 0) is 0 Å².